The molecule has 2 rings (SSSR count). The van der Waals surface area contributed by atoms with E-state index in [2.05, 4.69) is 10.5 Å². The smallest absolute Gasteiger partial charge is 0.260 e. The Morgan fingerprint density at radius 3 is 2.58 bits per heavy atom. The summed E-state index contributed by atoms with van der Waals surface area (Å²) in [6.45, 7) is 5.86. The molecule has 1 aromatic carbocycles. The number of rotatable bonds is 8. The number of carbonyl (C=O) groups excluding carboxylic acids is 2. The zero-order valence-electron chi connectivity index (χ0n) is 15.0. The van der Waals surface area contributed by atoms with Gasteiger partial charge in [0.15, 0.2) is 12.4 Å². The number of carbonyl (C=O) groups is 2. The molecule has 1 N–H and O–H groups in total. The molecule has 2 amide bonds. The fraction of sp³-hybridized carbons (Fsp3) is 0.389. The molecule has 7 nitrogen and oxygen atoms in total. The quantitative estimate of drug-likeness (QED) is 0.761. The monoisotopic (exact) mass is 379 g/mol. The van der Waals surface area contributed by atoms with Crippen LogP contribution in [-0.4, -0.2) is 41.6 Å². The van der Waals surface area contributed by atoms with Gasteiger partial charge in [-0.2, -0.15) is 0 Å². The van der Waals surface area contributed by atoms with Crippen LogP contribution >= 0.6 is 11.6 Å². The van der Waals surface area contributed by atoms with Crippen LogP contribution in [-0.2, 0) is 9.59 Å². The zero-order chi connectivity index (χ0) is 19.1. The molecule has 26 heavy (non-hydrogen) atoms. The Balaban J connectivity index is 1.92. The normalized spacial score (nSPS) is 10.7. The Morgan fingerprint density at radius 1 is 1.31 bits per heavy atom. The molecule has 0 bridgehead atoms. The SMILES string of the molecule is Cc1cc(NC(=O)CN(CC(C)C)C(=O)COc2ccc(Cl)cc2)no1. The van der Waals surface area contributed by atoms with Crippen molar-refractivity contribution in [3.8, 4) is 5.75 Å². The lowest BCUT2D eigenvalue weighted by Crippen LogP contribution is -2.42. The van der Waals surface area contributed by atoms with E-state index in [1.807, 2.05) is 13.8 Å². The van der Waals surface area contributed by atoms with E-state index in [1.54, 1.807) is 37.3 Å². The maximum absolute atomic E-state index is 12.5. The molecule has 8 heteroatoms. The van der Waals surface area contributed by atoms with E-state index < -0.39 is 0 Å². The van der Waals surface area contributed by atoms with Crippen LogP contribution in [0.3, 0.4) is 0 Å². The third-order valence-electron chi connectivity index (χ3n) is 3.34. The van der Waals surface area contributed by atoms with Gasteiger partial charge in [-0.05, 0) is 37.1 Å². The Labute approximate surface area is 157 Å². The van der Waals surface area contributed by atoms with Crippen molar-refractivity contribution in [3.63, 3.8) is 0 Å². The molecule has 0 atom stereocenters. The molecule has 1 heterocycles. The molecule has 0 aliphatic rings. The summed E-state index contributed by atoms with van der Waals surface area (Å²) in [6, 6.07) is 8.33. The zero-order valence-corrected chi connectivity index (χ0v) is 15.7. The number of aryl methyl sites for hydroxylation is 1. The van der Waals surface area contributed by atoms with Crippen LogP contribution in [0.25, 0.3) is 0 Å². The Kier molecular flexibility index (Phi) is 7.03. The van der Waals surface area contributed by atoms with Crippen molar-refractivity contribution in [2.75, 3.05) is 25.0 Å². The van der Waals surface area contributed by atoms with Crippen LogP contribution in [0.2, 0.25) is 5.02 Å². The number of benzene rings is 1. The van der Waals surface area contributed by atoms with Gasteiger partial charge in [-0.25, -0.2) is 0 Å². The second kappa shape index (κ2) is 9.24. The fourth-order valence-electron chi connectivity index (χ4n) is 2.24. The Morgan fingerprint density at radius 2 is 2.00 bits per heavy atom. The van der Waals surface area contributed by atoms with E-state index in [1.165, 1.54) is 4.90 Å². The Bertz CT molecular complexity index is 743. The second-order valence-corrected chi connectivity index (χ2v) is 6.72. The highest BCUT2D eigenvalue weighted by Crippen LogP contribution is 2.15. The van der Waals surface area contributed by atoms with Gasteiger partial charge in [-0.1, -0.05) is 30.6 Å². The van der Waals surface area contributed by atoms with Gasteiger partial charge in [-0.3, -0.25) is 9.59 Å². The van der Waals surface area contributed by atoms with E-state index in [0.29, 0.717) is 28.9 Å². The van der Waals surface area contributed by atoms with E-state index in [4.69, 9.17) is 20.9 Å². The predicted molar refractivity (Wildman–Crippen MR) is 98.2 cm³/mol. The van der Waals surface area contributed by atoms with Gasteiger partial charge in [0.2, 0.25) is 5.91 Å². The lowest BCUT2D eigenvalue weighted by Gasteiger charge is -2.24. The molecule has 0 saturated carbocycles. The molecule has 1 aromatic heterocycles. The number of anilines is 1. The summed E-state index contributed by atoms with van der Waals surface area (Å²) in [5, 5.41) is 6.90. The standard InChI is InChI=1S/C18H22ClN3O4/c1-12(2)9-22(10-17(23)20-16-8-13(3)26-21-16)18(24)11-25-15-6-4-14(19)5-7-15/h4-8,12H,9-11H2,1-3H3,(H,20,21,23). The maximum Gasteiger partial charge on any atom is 0.260 e. The highest BCUT2D eigenvalue weighted by Gasteiger charge is 2.19. The average Bonchev–Trinajstić information content (AvgIpc) is 2.97. The lowest BCUT2D eigenvalue weighted by atomic mass is 10.2. The third-order valence-corrected chi connectivity index (χ3v) is 3.60. The van der Waals surface area contributed by atoms with E-state index in [0.717, 1.165) is 0 Å². The number of aromatic nitrogens is 1. The molecule has 140 valence electrons. The highest BCUT2D eigenvalue weighted by atomic mass is 35.5. The molecule has 0 unspecified atom stereocenters. The van der Waals surface area contributed by atoms with Crippen LogP contribution in [0, 0.1) is 12.8 Å². The van der Waals surface area contributed by atoms with Crippen molar-refractivity contribution < 1.29 is 18.8 Å². The van der Waals surface area contributed by atoms with Gasteiger partial charge in [0.25, 0.3) is 5.91 Å². The highest BCUT2D eigenvalue weighted by molar-refractivity contribution is 6.30. The van der Waals surface area contributed by atoms with Gasteiger partial charge < -0.3 is 19.5 Å². The number of halogens is 1. The van der Waals surface area contributed by atoms with Crippen molar-refractivity contribution in [1.29, 1.82) is 0 Å². The van der Waals surface area contributed by atoms with Crippen LogP contribution < -0.4 is 10.1 Å². The van der Waals surface area contributed by atoms with Gasteiger partial charge in [0.1, 0.15) is 18.1 Å². The summed E-state index contributed by atoms with van der Waals surface area (Å²) >= 11 is 5.82. The molecule has 0 fully saturated rings. The largest absolute Gasteiger partial charge is 0.484 e. The number of nitrogens with one attached hydrogen (secondary N) is 1. The number of amides is 2. The number of hydrogen-bond acceptors (Lipinski definition) is 5. The predicted octanol–water partition coefficient (Wildman–Crippen LogP) is 3.14. The summed E-state index contributed by atoms with van der Waals surface area (Å²) in [6.07, 6.45) is 0. The maximum atomic E-state index is 12.5. The summed E-state index contributed by atoms with van der Waals surface area (Å²) in [4.78, 5) is 26.1. The van der Waals surface area contributed by atoms with Gasteiger partial charge in [0, 0.05) is 17.6 Å². The average molecular weight is 380 g/mol. The van der Waals surface area contributed by atoms with E-state index >= 15 is 0 Å². The molecular weight excluding hydrogens is 358 g/mol. The van der Waals surface area contributed by atoms with Gasteiger partial charge >= 0.3 is 0 Å². The second-order valence-electron chi connectivity index (χ2n) is 6.28. The first-order valence-electron chi connectivity index (χ1n) is 8.23. The summed E-state index contributed by atoms with van der Waals surface area (Å²) < 4.78 is 10.4. The first-order valence-corrected chi connectivity index (χ1v) is 8.60. The van der Waals surface area contributed by atoms with Crippen LogP contribution in [0.1, 0.15) is 19.6 Å². The summed E-state index contributed by atoms with van der Waals surface area (Å²) in [5.41, 5.74) is 0. The fourth-order valence-corrected chi connectivity index (χ4v) is 2.37. The number of ether oxygens (including phenoxy) is 1. The lowest BCUT2D eigenvalue weighted by molar-refractivity contribution is -0.137. The molecule has 0 aliphatic heterocycles. The number of nitrogens with zero attached hydrogens (tertiary/aromatic N) is 2. The van der Waals surface area contributed by atoms with Crippen molar-refractivity contribution in [2.45, 2.75) is 20.8 Å². The first kappa shape index (κ1) is 19.8. The molecular formula is C18H22ClN3O4. The Hall–Kier alpha value is -2.54. The molecule has 0 aliphatic carbocycles. The summed E-state index contributed by atoms with van der Waals surface area (Å²) in [5.74, 6) is 1.03. The van der Waals surface area contributed by atoms with Crippen LogP contribution in [0.5, 0.6) is 5.75 Å². The van der Waals surface area contributed by atoms with Crippen molar-refractivity contribution in [2.24, 2.45) is 5.92 Å². The van der Waals surface area contributed by atoms with Gasteiger partial charge in [0.05, 0.1) is 0 Å². The van der Waals surface area contributed by atoms with Crippen LogP contribution in [0.15, 0.2) is 34.9 Å². The molecule has 0 saturated heterocycles. The van der Waals surface area contributed by atoms with Crippen molar-refractivity contribution >= 4 is 29.2 Å². The summed E-state index contributed by atoms with van der Waals surface area (Å²) in [7, 11) is 0. The van der Waals surface area contributed by atoms with E-state index in [9.17, 15) is 9.59 Å². The minimum Gasteiger partial charge on any atom is -0.484 e. The number of hydrogen-bond donors (Lipinski definition) is 1. The van der Waals surface area contributed by atoms with Crippen molar-refractivity contribution in [1.82, 2.24) is 10.1 Å². The van der Waals surface area contributed by atoms with Crippen molar-refractivity contribution in [3.05, 3.63) is 41.1 Å². The molecule has 2 aromatic rings. The van der Waals surface area contributed by atoms with Crippen LogP contribution in [0.4, 0.5) is 5.82 Å². The first-order chi connectivity index (χ1) is 12.3. The molecule has 0 spiro atoms. The third kappa shape index (κ3) is 6.40. The minimum absolute atomic E-state index is 0.0904. The van der Waals surface area contributed by atoms with E-state index in [-0.39, 0.29) is 30.9 Å². The topological polar surface area (TPSA) is 84.7 Å². The molecule has 0 radical (unpaired) electrons. The van der Waals surface area contributed by atoms with Gasteiger partial charge in [-0.15, -0.1) is 0 Å². The minimum atomic E-state index is -0.348.